The zero-order chi connectivity index (χ0) is 22.0. The molecular weight excluding hydrogens is 388 g/mol. The first-order valence-corrected chi connectivity index (χ1v) is 10.3. The van der Waals surface area contributed by atoms with E-state index < -0.39 is 6.04 Å². The number of nitrogens with zero attached hydrogens (tertiary/aromatic N) is 2. The molecule has 5 heteroatoms. The lowest BCUT2D eigenvalue weighted by Crippen LogP contribution is -2.46. The van der Waals surface area contributed by atoms with Gasteiger partial charge in [0, 0.05) is 5.56 Å². The summed E-state index contributed by atoms with van der Waals surface area (Å²) in [5.41, 5.74) is 2.89. The minimum atomic E-state index is -0.865. The molecule has 3 aromatic rings. The molecule has 0 spiro atoms. The van der Waals surface area contributed by atoms with E-state index in [0.29, 0.717) is 11.3 Å². The van der Waals surface area contributed by atoms with Gasteiger partial charge in [0.2, 0.25) is 5.91 Å². The summed E-state index contributed by atoms with van der Waals surface area (Å²) in [6.07, 6.45) is -0.0392. The minimum Gasteiger partial charge on any atom is -0.319 e. The summed E-state index contributed by atoms with van der Waals surface area (Å²) < 4.78 is 0. The van der Waals surface area contributed by atoms with Crippen LogP contribution in [0.1, 0.15) is 40.9 Å². The number of benzene rings is 3. The van der Waals surface area contributed by atoms with Crippen LogP contribution >= 0.6 is 0 Å². The zero-order valence-corrected chi connectivity index (χ0v) is 17.6. The molecule has 1 aliphatic rings. The Morgan fingerprint density at radius 3 is 2.23 bits per heavy atom. The van der Waals surface area contributed by atoms with Crippen molar-refractivity contribution in [2.45, 2.75) is 32.4 Å². The number of hydrogen-bond acceptors (Lipinski definition) is 3. The van der Waals surface area contributed by atoms with Crippen LogP contribution in [0.25, 0.3) is 0 Å². The summed E-state index contributed by atoms with van der Waals surface area (Å²) >= 11 is 0. The number of amides is 3. The number of para-hydroxylation sites is 1. The second-order valence-corrected chi connectivity index (χ2v) is 7.79. The molecule has 4 rings (SSSR count). The van der Waals surface area contributed by atoms with Gasteiger partial charge in [0.05, 0.1) is 18.2 Å². The van der Waals surface area contributed by atoms with Gasteiger partial charge in [-0.15, -0.1) is 0 Å². The highest BCUT2D eigenvalue weighted by atomic mass is 16.2. The topological polar surface area (TPSA) is 57.7 Å². The molecule has 1 aliphatic heterocycles. The molecule has 0 saturated carbocycles. The lowest BCUT2D eigenvalue weighted by molar-refractivity contribution is -0.122. The molecule has 0 radical (unpaired) electrons. The van der Waals surface area contributed by atoms with E-state index in [-0.39, 0.29) is 30.2 Å². The minimum absolute atomic E-state index is 0.0392. The van der Waals surface area contributed by atoms with Crippen molar-refractivity contribution in [3.05, 3.63) is 102 Å². The zero-order valence-electron chi connectivity index (χ0n) is 17.6. The number of rotatable bonds is 5. The molecule has 156 valence electrons. The third kappa shape index (κ3) is 3.99. The van der Waals surface area contributed by atoms with Crippen molar-refractivity contribution in [1.82, 2.24) is 4.90 Å². The fourth-order valence-corrected chi connectivity index (χ4v) is 4.09. The monoisotopic (exact) mass is 412 g/mol. The Labute approximate surface area is 181 Å². The van der Waals surface area contributed by atoms with Crippen molar-refractivity contribution in [3.8, 4) is 0 Å². The second kappa shape index (κ2) is 8.56. The number of hydrogen-bond donors (Lipinski definition) is 0. The Hall–Kier alpha value is -3.73. The predicted molar refractivity (Wildman–Crippen MR) is 120 cm³/mol. The maximum atomic E-state index is 13.6. The molecule has 1 saturated heterocycles. The average molecular weight is 412 g/mol. The molecule has 31 heavy (non-hydrogen) atoms. The van der Waals surface area contributed by atoms with Gasteiger partial charge < -0.3 is 4.90 Å². The van der Waals surface area contributed by atoms with Gasteiger partial charge in [-0.1, -0.05) is 66.2 Å². The largest absolute Gasteiger partial charge is 0.319 e. The van der Waals surface area contributed by atoms with Crippen LogP contribution in [0.2, 0.25) is 0 Å². The first kappa shape index (κ1) is 20.5. The van der Waals surface area contributed by atoms with Crippen LogP contribution in [0, 0.1) is 6.92 Å². The number of imide groups is 1. The van der Waals surface area contributed by atoms with Crippen LogP contribution < -0.4 is 4.90 Å². The normalized spacial score (nSPS) is 17.0. The van der Waals surface area contributed by atoms with Gasteiger partial charge in [0.25, 0.3) is 11.8 Å². The second-order valence-electron chi connectivity index (χ2n) is 7.79. The van der Waals surface area contributed by atoms with Crippen LogP contribution in [-0.4, -0.2) is 28.7 Å². The molecule has 2 atom stereocenters. The number of aryl methyl sites for hydroxylation is 1. The van der Waals surface area contributed by atoms with Crippen LogP contribution in [0.4, 0.5) is 5.69 Å². The van der Waals surface area contributed by atoms with Crippen molar-refractivity contribution in [2.75, 3.05) is 4.90 Å². The van der Waals surface area contributed by atoms with Gasteiger partial charge in [-0.2, -0.15) is 0 Å². The molecule has 1 fully saturated rings. The van der Waals surface area contributed by atoms with E-state index in [0.717, 1.165) is 11.1 Å². The fourth-order valence-electron chi connectivity index (χ4n) is 4.09. The summed E-state index contributed by atoms with van der Waals surface area (Å²) in [4.78, 5) is 42.6. The molecule has 0 bridgehead atoms. The summed E-state index contributed by atoms with van der Waals surface area (Å²) in [5.74, 6) is -0.940. The van der Waals surface area contributed by atoms with E-state index in [2.05, 4.69) is 0 Å². The standard InChI is InChI=1S/C26H24N2O3/c1-18-10-9-13-21(16-18)25(30)27(19(2)20-11-5-3-6-12-20)23-17-24(29)28(26(23)31)22-14-7-4-8-15-22/h3-16,19,23H,17H2,1-2H3. The maximum Gasteiger partial charge on any atom is 0.257 e. The summed E-state index contributed by atoms with van der Waals surface area (Å²) in [7, 11) is 0. The maximum absolute atomic E-state index is 13.6. The van der Waals surface area contributed by atoms with Crippen molar-refractivity contribution in [3.63, 3.8) is 0 Å². The molecular formula is C26H24N2O3. The highest BCUT2D eigenvalue weighted by Crippen LogP contribution is 2.32. The Morgan fingerprint density at radius 1 is 0.935 bits per heavy atom. The Kier molecular flexibility index (Phi) is 5.67. The molecule has 0 aromatic heterocycles. The Balaban J connectivity index is 1.75. The first-order valence-electron chi connectivity index (χ1n) is 10.3. The van der Waals surface area contributed by atoms with Crippen LogP contribution in [0.3, 0.4) is 0 Å². The molecule has 1 heterocycles. The van der Waals surface area contributed by atoms with Gasteiger partial charge in [0.1, 0.15) is 6.04 Å². The van der Waals surface area contributed by atoms with Gasteiger partial charge in [-0.3, -0.25) is 14.4 Å². The molecule has 2 unspecified atom stereocenters. The van der Waals surface area contributed by atoms with Gasteiger partial charge in [0.15, 0.2) is 0 Å². The SMILES string of the molecule is Cc1cccc(C(=O)N(C2CC(=O)N(c3ccccc3)C2=O)C(C)c2ccccc2)c1. The highest BCUT2D eigenvalue weighted by Gasteiger charge is 2.46. The van der Waals surface area contributed by atoms with Crippen molar-refractivity contribution >= 4 is 23.4 Å². The predicted octanol–water partition coefficient (Wildman–Crippen LogP) is 4.53. The molecule has 3 aromatic carbocycles. The van der Waals surface area contributed by atoms with E-state index >= 15 is 0 Å². The third-order valence-electron chi connectivity index (χ3n) is 5.67. The number of anilines is 1. The van der Waals surface area contributed by atoms with Gasteiger partial charge in [-0.25, -0.2) is 4.90 Å². The molecule has 0 aliphatic carbocycles. The van der Waals surface area contributed by atoms with E-state index in [4.69, 9.17) is 0 Å². The third-order valence-corrected chi connectivity index (χ3v) is 5.67. The lowest BCUT2D eigenvalue weighted by atomic mass is 10.0. The number of carbonyl (C=O) groups is 3. The Morgan fingerprint density at radius 2 is 1.58 bits per heavy atom. The van der Waals surface area contributed by atoms with E-state index in [1.54, 1.807) is 35.2 Å². The highest BCUT2D eigenvalue weighted by molar-refractivity contribution is 6.23. The Bertz CT molecular complexity index is 1110. The smallest absolute Gasteiger partial charge is 0.257 e. The van der Waals surface area contributed by atoms with Crippen LogP contribution in [0.5, 0.6) is 0 Å². The lowest BCUT2D eigenvalue weighted by Gasteiger charge is -2.33. The number of carbonyl (C=O) groups excluding carboxylic acids is 3. The van der Waals surface area contributed by atoms with Gasteiger partial charge >= 0.3 is 0 Å². The molecule has 5 nitrogen and oxygen atoms in total. The van der Waals surface area contributed by atoms with Crippen molar-refractivity contribution in [2.24, 2.45) is 0 Å². The van der Waals surface area contributed by atoms with Crippen molar-refractivity contribution in [1.29, 1.82) is 0 Å². The van der Waals surface area contributed by atoms with Crippen molar-refractivity contribution < 1.29 is 14.4 Å². The quantitative estimate of drug-likeness (QED) is 0.579. The summed E-state index contributed by atoms with van der Waals surface area (Å²) in [6, 6.07) is 24.5. The van der Waals surface area contributed by atoms with E-state index in [1.165, 1.54) is 4.90 Å². The van der Waals surface area contributed by atoms with E-state index in [9.17, 15) is 14.4 Å². The summed E-state index contributed by atoms with van der Waals surface area (Å²) in [5, 5.41) is 0. The van der Waals surface area contributed by atoms with E-state index in [1.807, 2.05) is 68.4 Å². The van der Waals surface area contributed by atoms with Crippen LogP contribution in [0.15, 0.2) is 84.9 Å². The first-order chi connectivity index (χ1) is 15.0. The fraction of sp³-hybridized carbons (Fsp3) is 0.192. The average Bonchev–Trinajstić information content (AvgIpc) is 3.08. The van der Waals surface area contributed by atoms with Crippen LogP contribution in [-0.2, 0) is 9.59 Å². The summed E-state index contributed by atoms with van der Waals surface area (Å²) in [6.45, 7) is 3.81. The molecule has 0 N–H and O–H groups in total. The molecule has 3 amide bonds. The van der Waals surface area contributed by atoms with Gasteiger partial charge in [-0.05, 0) is 43.7 Å².